The van der Waals surface area contributed by atoms with Crippen molar-refractivity contribution in [2.45, 2.75) is 44.5 Å². The number of benzene rings is 1. The highest BCUT2D eigenvalue weighted by Crippen LogP contribution is 2.25. The molecule has 0 aliphatic carbocycles. The molecule has 0 spiro atoms. The van der Waals surface area contributed by atoms with Crippen molar-refractivity contribution in [2.75, 3.05) is 18.0 Å². The van der Waals surface area contributed by atoms with Crippen molar-refractivity contribution in [3.63, 3.8) is 0 Å². The van der Waals surface area contributed by atoms with Crippen LogP contribution < -0.4 is 10.0 Å². The molecule has 5 nitrogen and oxygen atoms in total. The van der Waals surface area contributed by atoms with Crippen LogP contribution in [-0.4, -0.2) is 29.0 Å². The van der Waals surface area contributed by atoms with Gasteiger partial charge < -0.3 is 14.8 Å². The first-order chi connectivity index (χ1) is 11.9. The molecular weight excluding hydrogens is 334 g/mol. The molecular formula is C19H24N3O2S-. The number of hydrogen-bond acceptors (Lipinski definition) is 6. The maximum absolute atomic E-state index is 10.8. The van der Waals surface area contributed by atoms with Gasteiger partial charge in [0.2, 0.25) is 0 Å². The van der Waals surface area contributed by atoms with Gasteiger partial charge >= 0.3 is 0 Å². The predicted molar refractivity (Wildman–Crippen MR) is 100 cm³/mol. The Morgan fingerprint density at radius 1 is 1.16 bits per heavy atom. The molecule has 0 radical (unpaired) electrons. The first kappa shape index (κ1) is 19.2. The summed E-state index contributed by atoms with van der Waals surface area (Å²) in [6, 6.07) is 8.80. The van der Waals surface area contributed by atoms with Crippen LogP contribution >= 0.6 is 11.8 Å². The first-order valence-corrected chi connectivity index (χ1v) is 9.50. The van der Waals surface area contributed by atoms with Crippen LogP contribution in [0.5, 0.6) is 0 Å². The number of hydrogen-bond donors (Lipinski definition) is 0. The smallest absolute Gasteiger partial charge is 0.190 e. The average molecular weight is 358 g/mol. The van der Waals surface area contributed by atoms with Crippen LogP contribution in [0, 0.1) is 0 Å². The molecule has 1 aromatic heterocycles. The van der Waals surface area contributed by atoms with E-state index in [-0.39, 0.29) is 5.56 Å². The third-order valence-corrected chi connectivity index (χ3v) is 4.87. The fraction of sp³-hybridized carbons (Fsp3) is 0.421. The van der Waals surface area contributed by atoms with E-state index in [0.29, 0.717) is 11.7 Å². The van der Waals surface area contributed by atoms with E-state index in [1.54, 1.807) is 36.0 Å². The fourth-order valence-corrected chi connectivity index (χ4v) is 3.20. The van der Waals surface area contributed by atoms with Gasteiger partial charge in [0, 0.05) is 30.6 Å². The Kier molecular flexibility index (Phi) is 6.82. The van der Waals surface area contributed by atoms with Gasteiger partial charge in [0.1, 0.15) is 5.82 Å². The van der Waals surface area contributed by atoms with Crippen molar-refractivity contribution in [1.29, 1.82) is 0 Å². The third kappa shape index (κ3) is 5.19. The number of carbonyl (C=O) groups is 1. The van der Waals surface area contributed by atoms with Gasteiger partial charge in [-0.25, -0.2) is 9.97 Å². The molecule has 0 bridgehead atoms. The van der Waals surface area contributed by atoms with E-state index in [1.165, 1.54) is 0 Å². The number of aromatic nitrogens is 2. The highest BCUT2D eigenvalue weighted by atomic mass is 32.2. The normalized spacial score (nSPS) is 10.9. The summed E-state index contributed by atoms with van der Waals surface area (Å²) < 4.78 is 0. The molecule has 0 aliphatic rings. The van der Waals surface area contributed by atoms with E-state index in [1.807, 2.05) is 0 Å². The molecule has 25 heavy (non-hydrogen) atoms. The minimum Gasteiger partial charge on any atom is -0.545 e. The Bertz CT molecular complexity index is 713. The van der Waals surface area contributed by atoms with Crippen molar-refractivity contribution in [3.05, 3.63) is 47.2 Å². The zero-order valence-corrected chi connectivity index (χ0v) is 16.0. The molecule has 0 unspecified atom stereocenters. The lowest BCUT2D eigenvalue weighted by atomic mass is 10.1. The van der Waals surface area contributed by atoms with E-state index >= 15 is 0 Å². The van der Waals surface area contributed by atoms with Crippen LogP contribution in [0.4, 0.5) is 5.82 Å². The number of thioether (sulfide) groups is 1. The van der Waals surface area contributed by atoms with Gasteiger partial charge in [-0.1, -0.05) is 49.9 Å². The third-order valence-electron chi connectivity index (χ3n) is 3.95. The van der Waals surface area contributed by atoms with E-state index in [2.05, 4.69) is 43.6 Å². The van der Waals surface area contributed by atoms with Gasteiger partial charge in [-0.15, -0.1) is 0 Å². The Morgan fingerprint density at radius 3 is 2.32 bits per heavy atom. The van der Waals surface area contributed by atoms with Crippen LogP contribution in [0.1, 0.15) is 55.2 Å². The molecule has 1 heterocycles. The summed E-state index contributed by atoms with van der Waals surface area (Å²) in [5, 5.41) is 11.6. The lowest BCUT2D eigenvalue weighted by Gasteiger charge is -2.21. The standard InChI is InChI=1S/C19H25N3O2S/c1-5-22(6-2)17-11-16(13(3)4)20-19(21-17)25-12-14-7-9-15(10-8-14)18(23)24/h7-11,13H,5-6,12H2,1-4H3,(H,23,24)/p-1. The van der Waals surface area contributed by atoms with E-state index < -0.39 is 5.97 Å². The van der Waals surface area contributed by atoms with Gasteiger partial charge in [-0.05, 0) is 30.9 Å². The highest BCUT2D eigenvalue weighted by Gasteiger charge is 2.12. The van der Waals surface area contributed by atoms with Crippen molar-refractivity contribution in [3.8, 4) is 0 Å². The summed E-state index contributed by atoms with van der Waals surface area (Å²) >= 11 is 1.56. The zero-order valence-electron chi connectivity index (χ0n) is 15.2. The van der Waals surface area contributed by atoms with Gasteiger partial charge in [0.25, 0.3) is 0 Å². The maximum Gasteiger partial charge on any atom is 0.190 e. The quantitative estimate of drug-likeness (QED) is 0.533. The van der Waals surface area contributed by atoms with E-state index in [4.69, 9.17) is 4.98 Å². The summed E-state index contributed by atoms with van der Waals surface area (Å²) in [5.41, 5.74) is 2.25. The molecule has 6 heteroatoms. The molecule has 1 aromatic carbocycles. The van der Waals surface area contributed by atoms with Crippen LogP contribution in [0.15, 0.2) is 35.5 Å². The molecule has 2 rings (SSSR count). The molecule has 0 fully saturated rings. The maximum atomic E-state index is 10.8. The summed E-state index contributed by atoms with van der Waals surface area (Å²) in [7, 11) is 0. The zero-order chi connectivity index (χ0) is 18.4. The molecule has 0 atom stereocenters. The molecule has 0 aliphatic heterocycles. The van der Waals surface area contributed by atoms with Crippen molar-refractivity contribution in [1.82, 2.24) is 9.97 Å². The Balaban J connectivity index is 2.18. The summed E-state index contributed by atoms with van der Waals surface area (Å²) in [5.74, 6) is 0.820. The second kappa shape index (κ2) is 8.85. The minimum atomic E-state index is -1.16. The number of rotatable bonds is 8. The lowest BCUT2D eigenvalue weighted by molar-refractivity contribution is -0.255. The SMILES string of the molecule is CCN(CC)c1cc(C(C)C)nc(SCc2ccc(C(=O)[O-])cc2)n1. The van der Waals surface area contributed by atoms with Crippen LogP contribution in [0.3, 0.4) is 0 Å². The van der Waals surface area contributed by atoms with Crippen LogP contribution in [0.25, 0.3) is 0 Å². The molecule has 2 aromatic rings. The Labute approximate surface area is 153 Å². The monoisotopic (exact) mass is 358 g/mol. The number of carbonyl (C=O) groups excluding carboxylic acids is 1. The predicted octanol–water partition coefficient (Wildman–Crippen LogP) is 3.10. The molecule has 0 amide bonds. The summed E-state index contributed by atoms with van der Waals surface area (Å²) in [4.78, 5) is 22.4. The summed E-state index contributed by atoms with van der Waals surface area (Å²) in [6.07, 6.45) is 0. The first-order valence-electron chi connectivity index (χ1n) is 8.51. The summed E-state index contributed by atoms with van der Waals surface area (Å²) in [6.45, 7) is 10.3. The van der Waals surface area contributed by atoms with Crippen LogP contribution in [0.2, 0.25) is 0 Å². The van der Waals surface area contributed by atoms with Crippen LogP contribution in [-0.2, 0) is 5.75 Å². The Morgan fingerprint density at radius 2 is 1.80 bits per heavy atom. The minimum absolute atomic E-state index is 0.190. The van der Waals surface area contributed by atoms with Gasteiger partial charge in [0.15, 0.2) is 5.16 Å². The van der Waals surface area contributed by atoms with Gasteiger partial charge in [-0.2, -0.15) is 0 Å². The highest BCUT2D eigenvalue weighted by molar-refractivity contribution is 7.98. The Hall–Kier alpha value is -2.08. The van der Waals surface area contributed by atoms with E-state index in [0.717, 1.165) is 35.3 Å². The average Bonchev–Trinajstić information content (AvgIpc) is 2.61. The molecule has 134 valence electrons. The van der Waals surface area contributed by atoms with Crippen molar-refractivity contribution >= 4 is 23.5 Å². The number of aromatic carboxylic acids is 1. The largest absolute Gasteiger partial charge is 0.545 e. The lowest BCUT2D eigenvalue weighted by Crippen LogP contribution is -2.23. The second-order valence-electron chi connectivity index (χ2n) is 6.03. The molecule has 0 saturated carbocycles. The molecule has 0 saturated heterocycles. The fourth-order valence-electron chi connectivity index (χ4n) is 2.39. The topological polar surface area (TPSA) is 69.2 Å². The molecule has 0 N–H and O–H groups in total. The van der Waals surface area contributed by atoms with Crippen molar-refractivity contribution in [2.24, 2.45) is 0 Å². The number of carboxylic acids is 1. The number of carboxylic acid groups (broad SMARTS) is 1. The van der Waals surface area contributed by atoms with E-state index in [9.17, 15) is 9.90 Å². The second-order valence-corrected chi connectivity index (χ2v) is 6.98. The number of anilines is 1. The van der Waals surface area contributed by atoms with Gasteiger partial charge in [-0.3, -0.25) is 0 Å². The van der Waals surface area contributed by atoms with Gasteiger partial charge in [0.05, 0.1) is 5.97 Å². The van der Waals surface area contributed by atoms with Crippen molar-refractivity contribution < 1.29 is 9.90 Å². The number of nitrogens with zero attached hydrogens (tertiary/aromatic N) is 3.